The van der Waals surface area contributed by atoms with Crippen LogP contribution in [0.15, 0.2) is 23.0 Å². The number of H-pyrrole nitrogens is 1. The number of hydrogen-bond acceptors (Lipinski definition) is 6. The van der Waals surface area contributed by atoms with Gasteiger partial charge in [-0.1, -0.05) is 18.2 Å². The van der Waals surface area contributed by atoms with Gasteiger partial charge in [0.25, 0.3) is 5.56 Å². The Kier molecular flexibility index (Phi) is 4.54. The van der Waals surface area contributed by atoms with Gasteiger partial charge in [-0.2, -0.15) is 10.1 Å². The molecule has 6 rings (SSSR count). The third kappa shape index (κ3) is 2.72. The van der Waals surface area contributed by atoms with Crippen molar-refractivity contribution >= 4 is 50.9 Å². The Labute approximate surface area is 202 Å². The van der Waals surface area contributed by atoms with Gasteiger partial charge in [0.1, 0.15) is 9.09 Å². The molecule has 1 spiro atoms. The topological polar surface area (TPSA) is 102 Å². The highest BCUT2D eigenvalue weighted by Crippen LogP contribution is 2.57. The predicted molar refractivity (Wildman–Crippen MR) is 133 cm³/mol. The first-order chi connectivity index (χ1) is 15.2. The van der Waals surface area contributed by atoms with Crippen molar-refractivity contribution in [1.82, 2.24) is 24.5 Å². The van der Waals surface area contributed by atoms with Gasteiger partial charge in [-0.3, -0.25) is 14.5 Å². The number of halogens is 1. The van der Waals surface area contributed by atoms with Gasteiger partial charge < -0.3 is 9.45 Å². The van der Waals surface area contributed by atoms with E-state index >= 15 is 0 Å². The Morgan fingerprint density at radius 1 is 1.28 bits per heavy atom. The third-order valence-electron chi connectivity index (χ3n) is 7.75. The molecule has 0 radical (unpaired) electrons. The number of benzene rings is 1. The molecule has 2 N–H and O–H groups in total. The Hall–Kier alpha value is -1.63. The van der Waals surface area contributed by atoms with Crippen molar-refractivity contribution < 1.29 is 4.55 Å². The molecule has 0 saturated carbocycles. The lowest BCUT2D eigenvalue weighted by atomic mass is 9.72. The van der Waals surface area contributed by atoms with E-state index in [0.29, 0.717) is 20.7 Å². The molecule has 2 atom stereocenters. The van der Waals surface area contributed by atoms with Gasteiger partial charge in [0.2, 0.25) is 5.95 Å². The maximum atomic E-state index is 13.1. The largest absolute Gasteiger partial charge is 0.597 e. The SMILES string of the molecule is Cn1c(N2CCC3(CC2)Cc2cccc4c2[C@H]3N[S+]([O-])C4(C)C)nc2n[nH]c(I)c2c1=O. The van der Waals surface area contributed by atoms with Crippen LogP contribution < -0.4 is 15.2 Å². The van der Waals surface area contributed by atoms with Gasteiger partial charge >= 0.3 is 0 Å². The van der Waals surface area contributed by atoms with E-state index in [-0.39, 0.29) is 17.0 Å². The molecule has 1 aromatic carbocycles. The number of nitrogens with zero attached hydrogens (tertiary/aromatic N) is 4. The summed E-state index contributed by atoms with van der Waals surface area (Å²) in [6, 6.07) is 6.61. The van der Waals surface area contributed by atoms with E-state index in [9.17, 15) is 9.35 Å². The summed E-state index contributed by atoms with van der Waals surface area (Å²) in [5, 5.41) is 7.62. The number of piperidine rings is 1. The molecule has 10 heteroatoms. The number of aromatic amines is 1. The van der Waals surface area contributed by atoms with E-state index in [4.69, 9.17) is 4.98 Å². The lowest BCUT2D eigenvalue weighted by Crippen LogP contribution is -2.53. The second-order valence-electron chi connectivity index (χ2n) is 9.75. The molecule has 8 nitrogen and oxygen atoms in total. The average molecular weight is 564 g/mol. The standard InChI is InChI=1S/C22H25IN6O2S/c1-21(2)13-6-4-5-12-11-22(16(14(12)13)27-32(21)31)7-9-29(10-8-22)20-24-18-15(17(23)25-26-18)19(30)28(20)3/h4-6,16,27H,7-11H2,1-3H3,(H,25,26)/t16-,32?/m1/s1. The molecule has 2 aliphatic heterocycles. The molecular weight excluding hydrogens is 539 g/mol. The van der Waals surface area contributed by atoms with Crippen molar-refractivity contribution in [2.75, 3.05) is 18.0 Å². The van der Waals surface area contributed by atoms with Crippen LogP contribution in [0.4, 0.5) is 5.95 Å². The molecule has 168 valence electrons. The lowest BCUT2D eigenvalue weighted by Gasteiger charge is -2.46. The minimum absolute atomic E-state index is 0.0335. The zero-order chi connectivity index (χ0) is 22.4. The van der Waals surface area contributed by atoms with Crippen molar-refractivity contribution in [1.29, 1.82) is 0 Å². The van der Waals surface area contributed by atoms with Gasteiger partial charge in [-0.25, -0.2) is 0 Å². The van der Waals surface area contributed by atoms with E-state index in [1.807, 2.05) is 0 Å². The second kappa shape index (κ2) is 6.94. The molecule has 2 aromatic heterocycles. The quantitative estimate of drug-likeness (QED) is 0.348. The number of anilines is 1. The van der Waals surface area contributed by atoms with E-state index in [1.165, 1.54) is 16.7 Å². The molecule has 1 fully saturated rings. The Morgan fingerprint density at radius 3 is 2.78 bits per heavy atom. The van der Waals surface area contributed by atoms with Gasteiger partial charge in [-0.05, 0) is 66.8 Å². The molecule has 3 aliphatic rings. The normalized spacial score (nSPS) is 25.5. The summed E-state index contributed by atoms with van der Waals surface area (Å²) in [4.78, 5) is 19.8. The van der Waals surface area contributed by atoms with E-state index in [0.717, 1.165) is 32.4 Å². The summed E-state index contributed by atoms with van der Waals surface area (Å²) in [6.45, 7) is 5.72. The first kappa shape index (κ1) is 20.9. The Balaban J connectivity index is 1.33. The maximum absolute atomic E-state index is 13.1. The van der Waals surface area contributed by atoms with Crippen LogP contribution in [-0.4, -0.2) is 37.4 Å². The van der Waals surface area contributed by atoms with Crippen LogP contribution in [0.1, 0.15) is 49.4 Å². The molecule has 1 unspecified atom stereocenters. The molecule has 1 saturated heterocycles. The summed E-state index contributed by atoms with van der Waals surface area (Å²) in [7, 11) is 1.78. The van der Waals surface area contributed by atoms with Crippen molar-refractivity contribution in [3.63, 3.8) is 0 Å². The number of aromatic nitrogens is 4. The zero-order valence-electron chi connectivity index (χ0n) is 18.2. The fourth-order valence-electron chi connectivity index (χ4n) is 5.87. The first-order valence-electron chi connectivity index (χ1n) is 10.9. The predicted octanol–water partition coefficient (Wildman–Crippen LogP) is 2.65. The Morgan fingerprint density at radius 2 is 2.03 bits per heavy atom. The molecule has 1 aliphatic carbocycles. The van der Waals surface area contributed by atoms with Gasteiger partial charge in [0, 0.05) is 42.5 Å². The number of hydrogen-bond donors (Lipinski definition) is 2. The minimum Gasteiger partial charge on any atom is -0.597 e. The second-order valence-corrected chi connectivity index (χ2v) is 12.6. The number of fused-ring (bicyclic) bond motifs is 2. The van der Waals surface area contributed by atoms with Gasteiger partial charge in [0.15, 0.2) is 10.4 Å². The highest BCUT2D eigenvalue weighted by molar-refractivity contribution is 14.1. The van der Waals surface area contributed by atoms with E-state index in [2.05, 4.69) is 74.5 Å². The summed E-state index contributed by atoms with van der Waals surface area (Å²) in [5.74, 6) is 0.665. The van der Waals surface area contributed by atoms with Gasteiger partial charge in [-0.15, -0.1) is 4.72 Å². The van der Waals surface area contributed by atoms with Crippen molar-refractivity contribution in [3.05, 3.63) is 48.9 Å². The van der Waals surface area contributed by atoms with Crippen LogP contribution in [0.25, 0.3) is 11.0 Å². The smallest absolute Gasteiger partial charge is 0.266 e. The molecule has 3 aromatic rings. The summed E-state index contributed by atoms with van der Waals surface area (Å²) in [6.07, 6.45) is 2.89. The molecule has 0 bridgehead atoms. The van der Waals surface area contributed by atoms with Crippen LogP contribution in [0.2, 0.25) is 0 Å². The average Bonchev–Trinajstić information content (AvgIpc) is 3.28. The van der Waals surface area contributed by atoms with Crippen molar-refractivity contribution in [2.45, 2.75) is 43.9 Å². The minimum atomic E-state index is -1.13. The lowest BCUT2D eigenvalue weighted by molar-refractivity contribution is 0.172. The van der Waals surface area contributed by atoms with Crippen LogP contribution in [0, 0.1) is 9.12 Å². The first-order valence-corrected chi connectivity index (χ1v) is 13.1. The van der Waals surface area contributed by atoms with E-state index < -0.39 is 16.1 Å². The summed E-state index contributed by atoms with van der Waals surface area (Å²) in [5.41, 5.74) is 4.40. The van der Waals surface area contributed by atoms with Crippen molar-refractivity contribution in [3.8, 4) is 0 Å². The third-order valence-corrected chi connectivity index (χ3v) is 10.1. The zero-order valence-corrected chi connectivity index (χ0v) is 21.2. The number of rotatable bonds is 1. The van der Waals surface area contributed by atoms with Gasteiger partial charge in [0.05, 0.1) is 6.04 Å². The van der Waals surface area contributed by atoms with Crippen LogP contribution in [0.3, 0.4) is 0 Å². The van der Waals surface area contributed by atoms with Crippen molar-refractivity contribution in [2.24, 2.45) is 12.5 Å². The highest BCUT2D eigenvalue weighted by Gasteiger charge is 2.56. The highest BCUT2D eigenvalue weighted by atomic mass is 127. The monoisotopic (exact) mass is 564 g/mol. The fourth-order valence-corrected chi connectivity index (χ4v) is 7.72. The Bertz CT molecular complexity index is 1310. The van der Waals surface area contributed by atoms with Crippen LogP contribution in [-0.2, 0) is 29.6 Å². The molecule has 4 heterocycles. The number of nitrogens with one attached hydrogen (secondary N) is 2. The summed E-state index contributed by atoms with van der Waals surface area (Å²) < 4.78 is 18.6. The maximum Gasteiger partial charge on any atom is 0.266 e. The summed E-state index contributed by atoms with van der Waals surface area (Å²) >= 11 is 0.950. The molecule has 32 heavy (non-hydrogen) atoms. The van der Waals surface area contributed by atoms with E-state index in [1.54, 1.807) is 11.6 Å². The fraction of sp³-hybridized carbons (Fsp3) is 0.500. The van der Waals surface area contributed by atoms with Crippen LogP contribution >= 0.6 is 22.6 Å². The molecule has 0 amide bonds. The van der Waals surface area contributed by atoms with Crippen LogP contribution in [0.5, 0.6) is 0 Å². The molecular formula is C22H25IN6O2S.